The third kappa shape index (κ3) is 5.72. The minimum absolute atomic E-state index is 0.0109. The molecule has 0 atom stereocenters. The summed E-state index contributed by atoms with van der Waals surface area (Å²) in [6, 6.07) is 5.04. The van der Waals surface area contributed by atoms with Crippen molar-refractivity contribution in [2.75, 3.05) is 31.2 Å². The summed E-state index contributed by atoms with van der Waals surface area (Å²) >= 11 is 0. The van der Waals surface area contributed by atoms with Crippen LogP contribution in [0, 0.1) is 5.92 Å². The summed E-state index contributed by atoms with van der Waals surface area (Å²) in [7, 11) is 1.57. The lowest BCUT2D eigenvalue weighted by atomic mass is 10.1. The van der Waals surface area contributed by atoms with Crippen LogP contribution in [-0.4, -0.2) is 32.0 Å². The Bertz CT molecular complexity index is 500. The van der Waals surface area contributed by atoms with Crippen molar-refractivity contribution in [2.45, 2.75) is 20.3 Å². The second kappa shape index (κ2) is 8.14. The monoisotopic (exact) mass is 292 g/mol. The highest BCUT2D eigenvalue weighted by Gasteiger charge is 2.07. The quantitative estimate of drug-likeness (QED) is 0.568. The van der Waals surface area contributed by atoms with Gasteiger partial charge in [-0.2, -0.15) is 0 Å². The van der Waals surface area contributed by atoms with Crippen LogP contribution in [0.1, 0.15) is 30.6 Å². The molecule has 2 amide bonds. The Morgan fingerprint density at radius 2 is 2.00 bits per heavy atom. The zero-order valence-corrected chi connectivity index (χ0v) is 12.8. The first kappa shape index (κ1) is 16.8. The van der Waals surface area contributed by atoms with Crippen LogP contribution < -0.4 is 21.7 Å². The molecule has 0 aliphatic rings. The maximum Gasteiger partial charge on any atom is 0.251 e. The molecule has 0 aliphatic carbocycles. The van der Waals surface area contributed by atoms with Crippen molar-refractivity contribution in [3.8, 4) is 0 Å². The van der Waals surface area contributed by atoms with E-state index in [4.69, 9.17) is 5.73 Å². The summed E-state index contributed by atoms with van der Waals surface area (Å²) in [5.74, 6) is 0.271. The summed E-state index contributed by atoms with van der Waals surface area (Å²) in [6.45, 7) is 5.27. The summed E-state index contributed by atoms with van der Waals surface area (Å²) in [6.07, 6.45) is 0.378. The lowest BCUT2D eigenvalue weighted by Gasteiger charge is -2.11. The maximum atomic E-state index is 11.6. The smallest absolute Gasteiger partial charge is 0.251 e. The molecule has 0 spiro atoms. The molecule has 6 heteroatoms. The van der Waals surface area contributed by atoms with Gasteiger partial charge in [0, 0.05) is 32.1 Å². The molecule has 0 heterocycles. The summed E-state index contributed by atoms with van der Waals surface area (Å²) in [4.78, 5) is 23.0. The average Bonchev–Trinajstić information content (AvgIpc) is 2.45. The second-order valence-corrected chi connectivity index (χ2v) is 5.26. The molecule has 0 unspecified atom stereocenters. The molecule has 0 saturated carbocycles. The van der Waals surface area contributed by atoms with Gasteiger partial charge >= 0.3 is 0 Å². The molecule has 116 valence electrons. The van der Waals surface area contributed by atoms with E-state index in [1.165, 1.54) is 0 Å². The van der Waals surface area contributed by atoms with Crippen LogP contribution in [-0.2, 0) is 4.79 Å². The summed E-state index contributed by atoms with van der Waals surface area (Å²) < 4.78 is 0. The largest absolute Gasteiger partial charge is 0.397 e. The first-order chi connectivity index (χ1) is 9.93. The molecule has 0 radical (unpaired) electrons. The highest BCUT2D eigenvalue weighted by molar-refractivity contribution is 5.95. The van der Waals surface area contributed by atoms with Gasteiger partial charge in [0.25, 0.3) is 5.91 Å². The van der Waals surface area contributed by atoms with E-state index < -0.39 is 0 Å². The number of nitrogens with two attached hydrogens (primary N) is 1. The van der Waals surface area contributed by atoms with Crippen molar-refractivity contribution in [3.63, 3.8) is 0 Å². The predicted octanol–water partition coefficient (Wildman–Crippen LogP) is 1.20. The van der Waals surface area contributed by atoms with Crippen molar-refractivity contribution in [2.24, 2.45) is 5.92 Å². The number of amides is 2. The van der Waals surface area contributed by atoms with Crippen molar-refractivity contribution >= 4 is 23.2 Å². The highest BCUT2D eigenvalue weighted by atomic mass is 16.2. The summed E-state index contributed by atoms with van der Waals surface area (Å²) in [5.41, 5.74) is 7.60. The second-order valence-electron chi connectivity index (χ2n) is 5.26. The van der Waals surface area contributed by atoms with Gasteiger partial charge in [0.05, 0.1) is 11.4 Å². The van der Waals surface area contributed by atoms with E-state index in [1.807, 2.05) is 13.8 Å². The predicted molar refractivity (Wildman–Crippen MR) is 85.2 cm³/mol. The minimum Gasteiger partial charge on any atom is -0.397 e. The van der Waals surface area contributed by atoms with Gasteiger partial charge in [0.15, 0.2) is 0 Å². The van der Waals surface area contributed by atoms with E-state index in [2.05, 4.69) is 16.0 Å². The number of rotatable bonds is 7. The Kier molecular flexibility index (Phi) is 6.52. The Balaban J connectivity index is 2.45. The third-order valence-electron chi connectivity index (χ3n) is 2.92. The first-order valence-corrected chi connectivity index (χ1v) is 7.06. The number of nitrogen functional groups attached to an aromatic ring is 1. The van der Waals surface area contributed by atoms with E-state index in [9.17, 15) is 9.59 Å². The minimum atomic E-state index is -0.179. The Hall–Kier alpha value is -2.24. The fourth-order valence-electron chi connectivity index (χ4n) is 1.73. The molecular weight excluding hydrogens is 268 g/mol. The molecule has 1 aromatic carbocycles. The van der Waals surface area contributed by atoms with E-state index in [1.54, 1.807) is 25.2 Å². The SMILES string of the molecule is CNC(=O)c1ccc(NCCC(=O)NCC(C)C)c(N)c1. The van der Waals surface area contributed by atoms with Crippen LogP contribution in [0.3, 0.4) is 0 Å². The normalized spacial score (nSPS) is 10.3. The van der Waals surface area contributed by atoms with Gasteiger partial charge in [-0.1, -0.05) is 13.8 Å². The zero-order chi connectivity index (χ0) is 15.8. The molecule has 0 aliphatic heterocycles. The molecule has 1 rings (SSSR count). The summed E-state index contributed by atoms with van der Waals surface area (Å²) in [5, 5.41) is 8.49. The van der Waals surface area contributed by atoms with Crippen LogP contribution in [0.4, 0.5) is 11.4 Å². The van der Waals surface area contributed by atoms with Crippen molar-refractivity contribution < 1.29 is 9.59 Å². The van der Waals surface area contributed by atoms with E-state index in [0.29, 0.717) is 36.7 Å². The standard InChI is InChI=1S/C15H24N4O2/c1-10(2)9-19-14(20)6-7-18-13-5-4-11(8-12(13)16)15(21)17-3/h4-5,8,10,18H,6-7,9,16H2,1-3H3,(H,17,21)(H,19,20). The lowest BCUT2D eigenvalue weighted by Crippen LogP contribution is -2.28. The first-order valence-electron chi connectivity index (χ1n) is 7.06. The van der Waals surface area contributed by atoms with Crippen LogP contribution in [0.15, 0.2) is 18.2 Å². The molecule has 0 bridgehead atoms. The van der Waals surface area contributed by atoms with Gasteiger partial charge in [-0.25, -0.2) is 0 Å². The Morgan fingerprint density at radius 3 is 2.57 bits per heavy atom. The average molecular weight is 292 g/mol. The Morgan fingerprint density at radius 1 is 1.29 bits per heavy atom. The van der Waals surface area contributed by atoms with Gasteiger partial charge in [0.2, 0.25) is 5.91 Å². The lowest BCUT2D eigenvalue weighted by molar-refractivity contribution is -0.120. The van der Waals surface area contributed by atoms with Gasteiger partial charge in [-0.05, 0) is 24.1 Å². The molecule has 5 N–H and O–H groups in total. The number of carbonyl (C=O) groups is 2. The number of nitrogens with one attached hydrogen (secondary N) is 3. The Labute approximate surface area is 125 Å². The van der Waals surface area contributed by atoms with Gasteiger partial charge in [0.1, 0.15) is 0 Å². The highest BCUT2D eigenvalue weighted by Crippen LogP contribution is 2.19. The third-order valence-corrected chi connectivity index (χ3v) is 2.92. The fourth-order valence-corrected chi connectivity index (χ4v) is 1.73. The van der Waals surface area contributed by atoms with Crippen LogP contribution in [0.25, 0.3) is 0 Å². The molecule has 21 heavy (non-hydrogen) atoms. The molecule has 0 fully saturated rings. The van der Waals surface area contributed by atoms with Gasteiger partial charge < -0.3 is 21.7 Å². The van der Waals surface area contributed by atoms with Crippen LogP contribution in [0.5, 0.6) is 0 Å². The molecule has 0 saturated heterocycles. The topological polar surface area (TPSA) is 96.2 Å². The van der Waals surface area contributed by atoms with E-state index >= 15 is 0 Å². The molecule has 1 aromatic rings. The van der Waals surface area contributed by atoms with Crippen molar-refractivity contribution in [3.05, 3.63) is 23.8 Å². The van der Waals surface area contributed by atoms with Gasteiger partial charge in [-0.15, -0.1) is 0 Å². The number of benzene rings is 1. The zero-order valence-electron chi connectivity index (χ0n) is 12.8. The molecule has 0 aromatic heterocycles. The van der Waals surface area contributed by atoms with Crippen molar-refractivity contribution in [1.29, 1.82) is 0 Å². The van der Waals surface area contributed by atoms with E-state index in [0.717, 1.165) is 5.69 Å². The van der Waals surface area contributed by atoms with Gasteiger partial charge in [-0.3, -0.25) is 9.59 Å². The molecular formula is C15H24N4O2. The fraction of sp³-hybridized carbons (Fsp3) is 0.467. The number of hydrogen-bond acceptors (Lipinski definition) is 4. The van der Waals surface area contributed by atoms with Crippen LogP contribution in [0.2, 0.25) is 0 Å². The maximum absolute atomic E-state index is 11.6. The van der Waals surface area contributed by atoms with Crippen LogP contribution >= 0.6 is 0 Å². The molecule has 6 nitrogen and oxygen atoms in total. The number of hydrogen-bond donors (Lipinski definition) is 4. The van der Waals surface area contributed by atoms with E-state index in [-0.39, 0.29) is 11.8 Å². The van der Waals surface area contributed by atoms with Crippen molar-refractivity contribution in [1.82, 2.24) is 10.6 Å². The number of carbonyl (C=O) groups excluding carboxylic acids is 2. The number of anilines is 2.